The molecule has 1 aliphatic carbocycles. The quantitative estimate of drug-likeness (QED) is 0.802. The predicted molar refractivity (Wildman–Crippen MR) is 75.5 cm³/mol. The van der Waals surface area contributed by atoms with Crippen LogP contribution in [0.25, 0.3) is 0 Å². The van der Waals surface area contributed by atoms with E-state index in [1.54, 1.807) is 0 Å². The topological polar surface area (TPSA) is 26.0 Å². The molecule has 1 nitrogen and oxygen atoms in total. The molecule has 0 heterocycles. The van der Waals surface area contributed by atoms with Crippen molar-refractivity contribution in [2.24, 2.45) is 5.73 Å². The van der Waals surface area contributed by atoms with E-state index in [0.717, 1.165) is 12.8 Å². The van der Waals surface area contributed by atoms with E-state index < -0.39 is 0 Å². The van der Waals surface area contributed by atoms with Crippen molar-refractivity contribution >= 4 is 0 Å². The molecule has 0 fully saturated rings. The van der Waals surface area contributed by atoms with Gasteiger partial charge in [-0.3, -0.25) is 0 Å². The highest BCUT2D eigenvalue weighted by Crippen LogP contribution is 2.42. The van der Waals surface area contributed by atoms with Crippen molar-refractivity contribution in [3.8, 4) is 0 Å². The normalized spacial score (nSPS) is 26.7. The van der Waals surface area contributed by atoms with Gasteiger partial charge in [-0.15, -0.1) is 0 Å². The van der Waals surface area contributed by atoms with Gasteiger partial charge in [-0.1, -0.05) is 54.6 Å². The van der Waals surface area contributed by atoms with Crippen molar-refractivity contribution in [2.45, 2.75) is 31.2 Å². The molecule has 18 heavy (non-hydrogen) atoms. The molecule has 0 amide bonds. The van der Waals surface area contributed by atoms with Crippen LogP contribution in [0, 0.1) is 0 Å². The molecule has 3 rings (SSSR count). The molecular formula is C17H19N. The van der Waals surface area contributed by atoms with Gasteiger partial charge in [0, 0.05) is 11.5 Å². The molecule has 2 aromatic carbocycles. The van der Waals surface area contributed by atoms with E-state index >= 15 is 0 Å². The van der Waals surface area contributed by atoms with Crippen molar-refractivity contribution in [2.75, 3.05) is 0 Å². The van der Waals surface area contributed by atoms with Gasteiger partial charge >= 0.3 is 0 Å². The largest absolute Gasteiger partial charge is 0.322 e. The van der Waals surface area contributed by atoms with Crippen LogP contribution in [-0.2, 0) is 5.54 Å². The van der Waals surface area contributed by atoms with E-state index in [0.29, 0.717) is 5.92 Å². The molecule has 2 aromatic rings. The van der Waals surface area contributed by atoms with E-state index in [2.05, 4.69) is 61.5 Å². The van der Waals surface area contributed by atoms with Crippen LogP contribution in [0.2, 0.25) is 0 Å². The maximum Gasteiger partial charge on any atom is 0.0384 e. The van der Waals surface area contributed by atoms with Crippen LogP contribution < -0.4 is 5.73 Å². The van der Waals surface area contributed by atoms with Gasteiger partial charge < -0.3 is 5.73 Å². The van der Waals surface area contributed by atoms with Crippen LogP contribution in [0.1, 0.15) is 42.4 Å². The third-order valence-corrected chi connectivity index (χ3v) is 4.11. The second-order valence-electron chi connectivity index (χ2n) is 5.51. The van der Waals surface area contributed by atoms with Crippen LogP contribution in [0.5, 0.6) is 0 Å². The van der Waals surface area contributed by atoms with E-state index in [1.165, 1.54) is 16.7 Å². The molecule has 0 saturated carbocycles. The second kappa shape index (κ2) is 4.25. The molecule has 2 atom stereocenters. The lowest BCUT2D eigenvalue weighted by Crippen LogP contribution is -2.38. The monoisotopic (exact) mass is 237 g/mol. The van der Waals surface area contributed by atoms with Crippen LogP contribution >= 0.6 is 0 Å². The summed E-state index contributed by atoms with van der Waals surface area (Å²) >= 11 is 0. The van der Waals surface area contributed by atoms with E-state index in [1.807, 2.05) is 0 Å². The Kier molecular flexibility index (Phi) is 2.71. The zero-order valence-corrected chi connectivity index (χ0v) is 10.8. The first-order valence-corrected chi connectivity index (χ1v) is 6.62. The van der Waals surface area contributed by atoms with E-state index in [9.17, 15) is 0 Å². The van der Waals surface area contributed by atoms with E-state index in [-0.39, 0.29) is 5.54 Å². The number of hydrogen-bond donors (Lipinski definition) is 1. The summed E-state index contributed by atoms with van der Waals surface area (Å²) in [6.07, 6.45) is 2.18. The Morgan fingerprint density at radius 2 is 1.67 bits per heavy atom. The zero-order chi connectivity index (χ0) is 12.6. The number of hydrogen-bond acceptors (Lipinski definition) is 1. The third-order valence-electron chi connectivity index (χ3n) is 4.11. The van der Waals surface area contributed by atoms with Crippen molar-refractivity contribution in [3.05, 3.63) is 71.3 Å². The van der Waals surface area contributed by atoms with Gasteiger partial charge in [0.15, 0.2) is 0 Å². The number of benzene rings is 2. The average Bonchev–Trinajstić information content (AvgIpc) is 2.40. The molecular weight excluding hydrogens is 218 g/mol. The molecule has 0 aliphatic heterocycles. The van der Waals surface area contributed by atoms with Gasteiger partial charge in [-0.2, -0.15) is 0 Å². The molecule has 92 valence electrons. The highest BCUT2D eigenvalue weighted by molar-refractivity contribution is 5.43. The molecule has 1 heteroatoms. The summed E-state index contributed by atoms with van der Waals surface area (Å²) in [6, 6.07) is 19.4. The summed E-state index contributed by atoms with van der Waals surface area (Å²) < 4.78 is 0. The van der Waals surface area contributed by atoms with Gasteiger partial charge in [0.05, 0.1) is 0 Å². The van der Waals surface area contributed by atoms with Gasteiger partial charge in [-0.25, -0.2) is 0 Å². The van der Waals surface area contributed by atoms with Crippen LogP contribution in [0.3, 0.4) is 0 Å². The summed E-state index contributed by atoms with van der Waals surface area (Å²) in [5.74, 6) is 0.499. The summed E-state index contributed by atoms with van der Waals surface area (Å²) in [5.41, 5.74) is 10.4. The molecule has 0 radical (unpaired) electrons. The van der Waals surface area contributed by atoms with Gasteiger partial charge in [0.25, 0.3) is 0 Å². The summed E-state index contributed by atoms with van der Waals surface area (Å²) in [5, 5.41) is 0. The smallest absolute Gasteiger partial charge is 0.0384 e. The third kappa shape index (κ3) is 1.85. The SMILES string of the molecule is CC1(N)CCC(c2ccccc2)c2ccccc21. The van der Waals surface area contributed by atoms with Gasteiger partial charge in [0.1, 0.15) is 0 Å². The molecule has 0 saturated heterocycles. The fraction of sp³-hybridized carbons (Fsp3) is 0.294. The van der Waals surface area contributed by atoms with E-state index in [4.69, 9.17) is 5.73 Å². The van der Waals surface area contributed by atoms with Crippen LogP contribution in [-0.4, -0.2) is 0 Å². The minimum Gasteiger partial charge on any atom is -0.322 e. The molecule has 2 unspecified atom stereocenters. The van der Waals surface area contributed by atoms with Crippen molar-refractivity contribution in [1.29, 1.82) is 0 Å². The minimum atomic E-state index is -0.179. The number of fused-ring (bicyclic) bond motifs is 1. The Bertz CT molecular complexity index is 543. The molecule has 0 aromatic heterocycles. The first kappa shape index (κ1) is 11.5. The molecule has 2 N–H and O–H groups in total. The Morgan fingerprint density at radius 3 is 2.44 bits per heavy atom. The Hall–Kier alpha value is -1.60. The highest BCUT2D eigenvalue weighted by atomic mass is 14.7. The van der Waals surface area contributed by atoms with Crippen LogP contribution in [0.4, 0.5) is 0 Å². The molecule has 1 aliphatic rings. The Morgan fingerprint density at radius 1 is 1.00 bits per heavy atom. The predicted octanol–water partition coefficient (Wildman–Crippen LogP) is 3.79. The second-order valence-corrected chi connectivity index (χ2v) is 5.51. The van der Waals surface area contributed by atoms with Gasteiger partial charge in [-0.05, 0) is 36.5 Å². The molecule has 0 spiro atoms. The maximum absolute atomic E-state index is 6.43. The summed E-state index contributed by atoms with van der Waals surface area (Å²) in [4.78, 5) is 0. The lowest BCUT2D eigenvalue weighted by Gasteiger charge is -2.37. The van der Waals surface area contributed by atoms with Crippen LogP contribution in [0.15, 0.2) is 54.6 Å². The zero-order valence-electron chi connectivity index (χ0n) is 10.8. The first-order chi connectivity index (χ1) is 8.68. The minimum absolute atomic E-state index is 0.179. The summed E-state index contributed by atoms with van der Waals surface area (Å²) in [6.45, 7) is 2.15. The number of rotatable bonds is 1. The maximum atomic E-state index is 6.43. The standard InChI is InChI=1S/C17H19N/c1-17(18)12-11-14(13-7-3-2-4-8-13)15-9-5-6-10-16(15)17/h2-10,14H,11-12,18H2,1H3. The first-order valence-electron chi connectivity index (χ1n) is 6.62. The Labute approximate surface area is 109 Å². The fourth-order valence-corrected chi connectivity index (χ4v) is 3.09. The van der Waals surface area contributed by atoms with Crippen molar-refractivity contribution < 1.29 is 0 Å². The van der Waals surface area contributed by atoms with Crippen molar-refractivity contribution in [3.63, 3.8) is 0 Å². The van der Waals surface area contributed by atoms with Crippen molar-refractivity contribution in [1.82, 2.24) is 0 Å². The fourth-order valence-electron chi connectivity index (χ4n) is 3.09. The highest BCUT2D eigenvalue weighted by Gasteiger charge is 2.33. The summed E-state index contributed by atoms with van der Waals surface area (Å²) in [7, 11) is 0. The molecule has 0 bridgehead atoms. The average molecular weight is 237 g/mol. The Balaban J connectivity index is 2.11. The van der Waals surface area contributed by atoms with Gasteiger partial charge in [0.2, 0.25) is 0 Å². The lowest BCUT2D eigenvalue weighted by atomic mass is 9.71. The number of nitrogens with two attached hydrogens (primary N) is 1. The lowest BCUT2D eigenvalue weighted by molar-refractivity contribution is 0.391.